The van der Waals surface area contributed by atoms with Crippen molar-refractivity contribution in [3.63, 3.8) is 0 Å². The van der Waals surface area contributed by atoms with E-state index in [0.29, 0.717) is 0 Å². The summed E-state index contributed by atoms with van der Waals surface area (Å²) >= 11 is 0. The minimum absolute atomic E-state index is 0.0305. The van der Waals surface area contributed by atoms with Gasteiger partial charge in [-0.2, -0.15) is 18.3 Å². The summed E-state index contributed by atoms with van der Waals surface area (Å²) in [4.78, 5) is 11.7. The minimum Gasteiger partial charge on any atom is -0.326 e. The molecule has 0 atom stereocenters. The number of carbonyl (C=O) groups excluding carboxylic acids is 1. The van der Waals surface area contributed by atoms with E-state index in [4.69, 9.17) is 5.73 Å². The average molecular weight is 284 g/mol. The molecule has 0 fully saturated rings. The van der Waals surface area contributed by atoms with Gasteiger partial charge >= 0.3 is 6.18 Å². The monoisotopic (exact) mass is 284 g/mol. The highest BCUT2D eigenvalue weighted by molar-refractivity contribution is 6.02. The minimum atomic E-state index is -4.52. The van der Waals surface area contributed by atoms with Gasteiger partial charge in [0, 0.05) is 18.4 Å². The van der Waals surface area contributed by atoms with Crippen LogP contribution in [-0.4, -0.2) is 16.1 Å². The lowest BCUT2D eigenvalue weighted by atomic mass is 10.1. The van der Waals surface area contributed by atoms with Crippen LogP contribution in [-0.2, 0) is 12.7 Å². The molecular formula is C12H11F3N4O. The zero-order valence-corrected chi connectivity index (χ0v) is 10.2. The fraction of sp³-hybridized carbons (Fsp3) is 0.167. The Morgan fingerprint density at radius 1 is 1.35 bits per heavy atom. The number of benzene rings is 1. The molecule has 0 bridgehead atoms. The first-order chi connectivity index (χ1) is 9.41. The summed E-state index contributed by atoms with van der Waals surface area (Å²) in [5, 5.41) is 8.36. The van der Waals surface area contributed by atoms with Crippen molar-refractivity contribution in [3.05, 3.63) is 47.3 Å². The van der Waals surface area contributed by atoms with Crippen LogP contribution in [0.1, 0.15) is 21.6 Å². The molecule has 1 heterocycles. The van der Waals surface area contributed by atoms with E-state index in [9.17, 15) is 18.0 Å². The van der Waals surface area contributed by atoms with Crippen LogP contribution < -0.4 is 11.1 Å². The summed E-state index contributed by atoms with van der Waals surface area (Å²) in [7, 11) is 0. The van der Waals surface area contributed by atoms with Gasteiger partial charge < -0.3 is 11.1 Å². The first-order valence-electron chi connectivity index (χ1n) is 5.62. The Hall–Kier alpha value is -2.35. The Morgan fingerprint density at radius 3 is 2.65 bits per heavy atom. The van der Waals surface area contributed by atoms with Gasteiger partial charge in [-0.25, -0.2) is 0 Å². The molecule has 2 rings (SSSR count). The van der Waals surface area contributed by atoms with Crippen LogP contribution in [0.25, 0.3) is 0 Å². The van der Waals surface area contributed by atoms with Crippen molar-refractivity contribution < 1.29 is 18.0 Å². The number of carbonyl (C=O) groups is 1. The van der Waals surface area contributed by atoms with Crippen molar-refractivity contribution in [1.82, 2.24) is 10.2 Å². The number of aromatic nitrogens is 2. The smallest absolute Gasteiger partial charge is 0.326 e. The van der Waals surface area contributed by atoms with Gasteiger partial charge in [0.05, 0.1) is 5.56 Å². The van der Waals surface area contributed by atoms with Crippen LogP contribution in [0.15, 0.2) is 30.5 Å². The average Bonchev–Trinajstić information content (AvgIpc) is 2.91. The number of hydrogen-bond acceptors (Lipinski definition) is 3. The topological polar surface area (TPSA) is 83.8 Å². The molecular weight excluding hydrogens is 273 g/mol. The number of nitrogens with zero attached hydrogens (tertiary/aromatic N) is 1. The van der Waals surface area contributed by atoms with E-state index in [2.05, 4.69) is 15.5 Å². The van der Waals surface area contributed by atoms with Crippen LogP contribution in [0, 0.1) is 0 Å². The number of hydrogen-bond donors (Lipinski definition) is 3. The van der Waals surface area contributed by atoms with Crippen LogP contribution in [0.5, 0.6) is 0 Å². The number of nitrogens with two attached hydrogens (primary N) is 1. The molecule has 0 spiro atoms. The number of nitrogens with one attached hydrogen (secondary N) is 2. The molecule has 106 valence electrons. The summed E-state index contributed by atoms with van der Waals surface area (Å²) < 4.78 is 38.5. The Bertz CT molecular complexity index is 608. The molecule has 2 aromatic rings. The molecule has 1 aromatic heterocycles. The first-order valence-corrected chi connectivity index (χ1v) is 5.62. The predicted octanol–water partition coefficient (Wildman–Crippen LogP) is 2.14. The molecule has 1 aromatic carbocycles. The van der Waals surface area contributed by atoms with E-state index >= 15 is 0 Å². The van der Waals surface area contributed by atoms with Gasteiger partial charge in [0.2, 0.25) is 0 Å². The van der Waals surface area contributed by atoms with E-state index in [0.717, 1.165) is 6.07 Å². The van der Waals surface area contributed by atoms with Crippen molar-refractivity contribution in [1.29, 1.82) is 0 Å². The Kier molecular flexibility index (Phi) is 3.75. The normalized spacial score (nSPS) is 11.4. The second-order valence-electron chi connectivity index (χ2n) is 4.00. The van der Waals surface area contributed by atoms with Gasteiger partial charge in [-0.1, -0.05) is 6.07 Å². The number of aromatic amines is 1. The molecule has 0 unspecified atom stereocenters. The molecule has 20 heavy (non-hydrogen) atoms. The van der Waals surface area contributed by atoms with Gasteiger partial charge in [0.1, 0.15) is 5.69 Å². The van der Waals surface area contributed by atoms with E-state index in [1.165, 1.54) is 24.4 Å². The molecule has 0 aliphatic carbocycles. The lowest BCUT2D eigenvalue weighted by Gasteiger charge is -2.13. The zero-order valence-electron chi connectivity index (χ0n) is 10.2. The van der Waals surface area contributed by atoms with Crippen LogP contribution in [0.4, 0.5) is 18.9 Å². The summed E-state index contributed by atoms with van der Waals surface area (Å²) in [6.45, 7) is -0.233. The number of H-pyrrole nitrogens is 1. The number of anilines is 1. The second kappa shape index (κ2) is 5.33. The van der Waals surface area contributed by atoms with Crippen molar-refractivity contribution in [3.8, 4) is 0 Å². The van der Waals surface area contributed by atoms with Gasteiger partial charge in [-0.3, -0.25) is 9.89 Å². The number of halogens is 3. The van der Waals surface area contributed by atoms with Crippen molar-refractivity contribution in [2.45, 2.75) is 12.7 Å². The van der Waals surface area contributed by atoms with Crippen molar-refractivity contribution >= 4 is 11.6 Å². The highest BCUT2D eigenvalue weighted by Crippen LogP contribution is 2.33. The van der Waals surface area contributed by atoms with E-state index in [-0.39, 0.29) is 23.5 Å². The quantitative estimate of drug-likeness (QED) is 0.807. The summed E-state index contributed by atoms with van der Waals surface area (Å²) in [6.07, 6.45) is -3.16. The second-order valence-corrected chi connectivity index (χ2v) is 4.00. The maximum absolute atomic E-state index is 12.8. The lowest BCUT2D eigenvalue weighted by molar-refractivity contribution is -0.138. The highest BCUT2D eigenvalue weighted by atomic mass is 19.4. The number of alkyl halides is 3. The van der Waals surface area contributed by atoms with Gasteiger partial charge in [0.15, 0.2) is 0 Å². The molecule has 0 saturated carbocycles. The molecule has 5 nitrogen and oxygen atoms in total. The first kappa shape index (κ1) is 14.1. The predicted molar refractivity (Wildman–Crippen MR) is 65.9 cm³/mol. The molecule has 8 heteroatoms. The van der Waals surface area contributed by atoms with Crippen LogP contribution in [0.2, 0.25) is 0 Å². The summed E-state index contributed by atoms with van der Waals surface area (Å²) in [6, 6.07) is 4.88. The zero-order chi connectivity index (χ0) is 14.8. The van der Waals surface area contributed by atoms with Gasteiger partial charge in [-0.05, 0) is 23.8 Å². The fourth-order valence-corrected chi connectivity index (χ4v) is 1.68. The Labute approximate surface area is 112 Å². The van der Waals surface area contributed by atoms with E-state index < -0.39 is 17.6 Å². The van der Waals surface area contributed by atoms with Gasteiger partial charge in [-0.15, -0.1) is 0 Å². The van der Waals surface area contributed by atoms with Crippen molar-refractivity contribution in [2.24, 2.45) is 5.73 Å². The molecule has 1 amide bonds. The summed E-state index contributed by atoms with van der Waals surface area (Å²) in [5.41, 5.74) is 4.58. The molecule has 0 radical (unpaired) electrons. The molecule has 0 aliphatic heterocycles. The summed E-state index contributed by atoms with van der Waals surface area (Å²) in [5.74, 6) is -0.573. The Morgan fingerprint density at radius 2 is 2.10 bits per heavy atom. The molecule has 4 N–H and O–H groups in total. The third-order valence-corrected chi connectivity index (χ3v) is 2.64. The van der Waals surface area contributed by atoms with Crippen LogP contribution >= 0.6 is 0 Å². The van der Waals surface area contributed by atoms with Gasteiger partial charge in [0.25, 0.3) is 5.91 Å². The van der Waals surface area contributed by atoms with E-state index in [1.54, 1.807) is 0 Å². The third-order valence-electron chi connectivity index (χ3n) is 2.64. The highest BCUT2D eigenvalue weighted by Gasteiger charge is 2.33. The standard InChI is InChI=1S/C12H11F3N4O/c13-12(14,15)9-5-8(2-1-7(9)6-16)18-11(20)10-3-4-17-19-10/h1-5H,6,16H2,(H,17,19)(H,18,20). The third kappa shape index (κ3) is 2.97. The fourth-order valence-electron chi connectivity index (χ4n) is 1.68. The largest absolute Gasteiger partial charge is 0.416 e. The maximum atomic E-state index is 12.8. The van der Waals surface area contributed by atoms with Crippen LogP contribution in [0.3, 0.4) is 0 Å². The maximum Gasteiger partial charge on any atom is 0.416 e. The lowest BCUT2D eigenvalue weighted by Crippen LogP contribution is -2.16. The number of amides is 1. The van der Waals surface area contributed by atoms with Crippen molar-refractivity contribution in [2.75, 3.05) is 5.32 Å². The molecule has 0 saturated heterocycles. The molecule has 0 aliphatic rings. The Balaban J connectivity index is 2.28. The van der Waals surface area contributed by atoms with E-state index in [1.807, 2.05) is 0 Å². The SMILES string of the molecule is NCc1ccc(NC(=O)c2ccn[nH]2)cc1C(F)(F)F. The number of rotatable bonds is 3.